The normalized spacial score (nSPS) is 31.4. The monoisotopic (exact) mass is 390 g/mol. The van der Waals surface area contributed by atoms with Crippen LogP contribution >= 0.6 is 0 Å². The molecular weight excluding hydrogens is 367 g/mol. The molecule has 4 aliphatic rings. The van der Waals surface area contributed by atoms with Crippen LogP contribution in [0.2, 0.25) is 0 Å². The zero-order chi connectivity index (χ0) is 20.1. The number of nitro benzene ring substituents is 1. The van der Waals surface area contributed by atoms with Crippen LogP contribution in [0.1, 0.15) is 44.1 Å². The van der Waals surface area contributed by atoms with Crippen molar-refractivity contribution in [1.29, 1.82) is 0 Å². The predicted octanol–water partition coefficient (Wildman–Crippen LogP) is 3.06. The molecule has 4 bridgehead atoms. The number of hydrogen-bond donors (Lipinski definition) is 2. The molecule has 1 aromatic rings. The van der Waals surface area contributed by atoms with Crippen molar-refractivity contribution in [2.45, 2.75) is 51.0 Å². The van der Waals surface area contributed by atoms with Crippen molar-refractivity contribution in [3.63, 3.8) is 0 Å². The number of hydrogen-bond acceptors (Lipinski definition) is 4. The number of benzene rings is 1. The van der Waals surface area contributed by atoms with Gasteiger partial charge in [-0.25, -0.2) is 4.79 Å². The third kappa shape index (κ3) is 3.36. The molecule has 1 atom stereocenters. The Morgan fingerprint density at radius 1 is 1.21 bits per heavy atom. The summed E-state index contributed by atoms with van der Waals surface area (Å²) in [7, 11) is 0. The minimum absolute atomic E-state index is 0.130. The standard InChI is InChI=1S/C20H23FN2O5/c21-15-2-1-11(7-17(15)23(27)28)6-16(18(24)25)22-19(26)20-8-12-3-13(9-20)5-14(4-12)10-20/h1-2,7,12-14,16H,3-6,8-10H2,(H,22,26)(H,24,25)/t12?,13?,14?,16-,20?/m1/s1. The van der Waals surface area contributed by atoms with E-state index in [9.17, 15) is 29.2 Å². The first-order chi connectivity index (χ1) is 13.3. The summed E-state index contributed by atoms with van der Waals surface area (Å²) in [4.78, 5) is 34.9. The number of carboxylic acid groups (broad SMARTS) is 1. The molecule has 150 valence electrons. The topological polar surface area (TPSA) is 110 Å². The summed E-state index contributed by atoms with van der Waals surface area (Å²) in [6.45, 7) is 0. The molecule has 0 aliphatic heterocycles. The van der Waals surface area contributed by atoms with Crippen LogP contribution in [0.15, 0.2) is 18.2 Å². The lowest BCUT2D eigenvalue weighted by Crippen LogP contribution is -2.56. The predicted molar refractivity (Wildman–Crippen MR) is 96.9 cm³/mol. The molecule has 4 fully saturated rings. The minimum Gasteiger partial charge on any atom is -0.480 e. The van der Waals surface area contributed by atoms with Gasteiger partial charge < -0.3 is 10.4 Å². The molecule has 4 saturated carbocycles. The molecule has 0 radical (unpaired) electrons. The van der Waals surface area contributed by atoms with E-state index in [-0.39, 0.29) is 12.3 Å². The van der Waals surface area contributed by atoms with Crippen LogP contribution in [0, 0.1) is 39.1 Å². The summed E-state index contributed by atoms with van der Waals surface area (Å²) in [6, 6.07) is 2.09. The number of amides is 1. The number of rotatable bonds is 6. The Balaban J connectivity index is 1.50. The molecular formula is C20H23FN2O5. The second-order valence-corrected chi connectivity index (χ2v) is 8.81. The minimum atomic E-state index is -1.20. The van der Waals surface area contributed by atoms with Crippen molar-refractivity contribution in [3.05, 3.63) is 39.7 Å². The van der Waals surface area contributed by atoms with Crippen molar-refractivity contribution in [3.8, 4) is 0 Å². The van der Waals surface area contributed by atoms with Crippen LogP contribution in [0.4, 0.5) is 10.1 Å². The number of halogens is 1. The summed E-state index contributed by atoms with van der Waals surface area (Å²) in [5.41, 5.74) is -0.877. The van der Waals surface area contributed by atoms with E-state index >= 15 is 0 Å². The Morgan fingerprint density at radius 3 is 2.29 bits per heavy atom. The Kier molecular flexibility index (Phi) is 4.59. The summed E-state index contributed by atoms with van der Waals surface area (Å²) in [5.74, 6) is -0.723. The zero-order valence-corrected chi connectivity index (χ0v) is 15.4. The highest BCUT2D eigenvalue weighted by Gasteiger charge is 2.54. The molecule has 5 rings (SSSR count). The summed E-state index contributed by atoms with van der Waals surface area (Å²) < 4.78 is 13.5. The molecule has 2 N–H and O–H groups in total. The molecule has 28 heavy (non-hydrogen) atoms. The van der Waals surface area contributed by atoms with Gasteiger partial charge in [0.15, 0.2) is 0 Å². The van der Waals surface area contributed by atoms with Crippen molar-refractivity contribution in [1.82, 2.24) is 5.32 Å². The van der Waals surface area contributed by atoms with E-state index in [1.54, 1.807) is 0 Å². The summed E-state index contributed by atoms with van der Waals surface area (Å²) >= 11 is 0. The molecule has 0 unspecified atom stereocenters. The quantitative estimate of drug-likeness (QED) is 0.573. The van der Waals surface area contributed by atoms with Gasteiger partial charge >= 0.3 is 11.7 Å². The number of nitrogens with one attached hydrogen (secondary N) is 1. The summed E-state index contributed by atoms with van der Waals surface area (Å²) in [6.07, 6.45) is 5.85. The Morgan fingerprint density at radius 2 is 1.79 bits per heavy atom. The van der Waals surface area contributed by atoms with Gasteiger partial charge in [-0.05, 0) is 67.9 Å². The second kappa shape index (κ2) is 6.83. The molecule has 0 spiro atoms. The lowest BCUT2D eigenvalue weighted by atomic mass is 9.49. The first kappa shape index (κ1) is 18.8. The highest BCUT2D eigenvalue weighted by atomic mass is 19.1. The van der Waals surface area contributed by atoms with E-state index in [2.05, 4.69) is 5.32 Å². The number of carbonyl (C=O) groups excluding carboxylic acids is 1. The Bertz CT molecular complexity index is 805. The SMILES string of the molecule is O=C(O)[C@@H](Cc1ccc(F)c([N+](=O)[O-])c1)NC(=O)C12CC3CC(CC(C3)C1)C2. The molecule has 1 amide bonds. The van der Waals surface area contributed by atoms with E-state index in [4.69, 9.17) is 0 Å². The molecule has 0 heterocycles. The first-order valence-corrected chi connectivity index (χ1v) is 9.72. The van der Waals surface area contributed by atoms with E-state index in [1.807, 2.05) is 0 Å². The maximum Gasteiger partial charge on any atom is 0.326 e. The fourth-order valence-electron chi connectivity index (χ4n) is 5.96. The molecule has 1 aromatic carbocycles. The highest BCUT2D eigenvalue weighted by molar-refractivity contribution is 5.88. The van der Waals surface area contributed by atoms with Gasteiger partial charge in [-0.3, -0.25) is 14.9 Å². The van der Waals surface area contributed by atoms with Crippen LogP contribution in [0.5, 0.6) is 0 Å². The van der Waals surface area contributed by atoms with Crippen LogP contribution in [0.25, 0.3) is 0 Å². The van der Waals surface area contributed by atoms with Gasteiger partial charge in [-0.2, -0.15) is 4.39 Å². The maximum absolute atomic E-state index is 13.5. The fourth-order valence-corrected chi connectivity index (χ4v) is 5.96. The molecule has 8 heteroatoms. The van der Waals surface area contributed by atoms with Crippen molar-refractivity contribution < 1.29 is 24.0 Å². The van der Waals surface area contributed by atoms with E-state index in [0.717, 1.165) is 31.4 Å². The number of nitro groups is 1. The molecule has 0 saturated heterocycles. The fraction of sp³-hybridized carbons (Fsp3) is 0.600. The lowest BCUT2D eigenvalue weighted by molar-refractivity contribution is -0.387. The summed E-state index contributed by atoms with van der Waals surface area (Å²) in [5, 5.41) is 23.2. The third-order valence-corrected chi connectivity index (χ3v) is 6.77. The average molecular weight is 390 g/mol. The average Bonchev–Trinajstić information content (AvgIpc) is 2.61. The van der Waals surface area contributed by atoms with Gasteiger partial charge in [0.1, 0.15) is 6.04 Å². The van der Waals surface area contributed by atoms with Gasteiger partial charge in [-0.1, -0.05) is 6.07 Å². The van der Waals surface area contributed by atoms with Gasteiger partial charge in [0, 0.05) is 17.9 Å². The lowest BCUT2D eigenvalue weighted by Gasteiger charge is -2.55. The van der Waals surface area contributed by atoms with Crippen LogP contribution in [-0.2, 0) is 16.0 Å². The van der Waals surface area contributed by atoms with E-state index in [1.165, 1.54) is 25.3 Å². The first-order valence-electron chi connectivity index (χ1n) is 9.72. The smallest absolute Gasteiger partial charge is 0.326 e. The van der Waals surface area contributed by atoms with Crippen molar-refractivity contribution in [2.75, 3.05) is 0 Å². The van der Waals surface area contributed by atoms with Crippen LogP contribution < -0.4 is 5.32 Å². The zero-order valence-electron chi connectivity index (χ0n) is 15.4. The maximum atomic E-state index is 13.5. The van der Waals surface area contributed by atoms with Crippen molar-refractivity contribution >= 4 is 17.6 Å². The molecule has 7 nitrogen and oxygen atoms in total. The number of aliphatic carboxylic acids is 1. The number of carbonyl (C=O) groups is 2. The number of carboxylic acids is 1. The van der Waals surface area contributed by atoms with Gasteiger partial charge in [0.05, 0.1) is 4.92 Å². The molecule has 0 aromatic heterocycles. The Labute approximate surface area is 161 Å². The third-order valence-electron chi connectivity index (χ3n) is 6.77. The number of nitrogens with zero attached hydrogens (tertiary/aromatic N) is 1. The van der Waals surface area contributed by atoms with Crippen LogP contribution in [-0.4, -0.2) is 27.9 Å². The van der Waals surface area contributed by atoms with Crippen molar-refractivity contribution in [2.24, 2.45) is 23.2 Å². The van der Waals surface area contributed by atoms with Gasteiger partial charge in [0.25, 0.3) is 0 Å². The Hall–Kier alpha value is -2.51. The van der Waals surface area contributed by atoms with Gasteiger partial charge in [-0.15, -0.1) is 0 Å². The van der Waals surface area contributed by atoms with E-state index in [0.29, 0.717) is 23.3 Å². The van der Waals surface area contributed by atoms with Gasteiger partial charge in [0.2, 0.25) is 11.7 Å². The largest absolute Gasteiger partial charge is 0.480 e. The van der Waals surface area contributed by atoms with E-state index < -0.39 is 33.9 Å². The van der Waals surface area contributed by atoms with Crippen LogP contribution in [0.3, 0.4) is 0 Å². The molecule has 4 aliphatic carbocycles. The second-order valence-electron chi connectivity index (χ2n) is 8.81. The highest BCUT2D eigenvalue weighted by Crippen LogP contribution is 2.60.